The molecular weight excluding hydrogens is 334 g/mol. The highest BCUT2D eigenvalue weighted by atomic mass is 16.5. The third-order valence-corrected chi connectivity index (χ3v) is 4.20. The van der Waals surface area contributed by atoms with Gasteiger partial charge in [0, 0.05) is 10.9 Å². The van der Waals surface area contributed by atoms with Crippen LogP contribution in [0.4, 0.5) is 0 Å². The normalized spacial score (nSPS) is 11.8. The van der Waals surface area contributed by atoms with Crippen molar-refractivity contribution in [3.63, 3.8) is 0 Å². The maximum absolute atomic E-state index is 12.6. The van der Waals surface area contributed by atoms with E-state index in [1.165, 1.54) is 0 Å². The molecule has 0 fully saturated rings. The predicted molar refractivity (Wildman–Crippen MR) is 98.2 cm³/mol. The second kappa shape index (κ2) is 7.39. The number of methoxy groups -OCH3 is 3. The van der Waals surface area contributed by atoms with Gasteiger partial charge in [0.05, 0.1) is 27.4 Å². The number of nitrogens with one attached hydrogen (secondary N) is 1. The molecule has 1 N–H and O–H groups in total. The minimum absolute atomic E-state index is 0.221. The van der Waals surface area contributed by atoms with E-state index in [1.54, 1.807) is 33.5 Å². The van der Waals surface area contributed by atoms with Crippen molar-refractivity contribution in [1.29, 1.82) is 0 Å². The zero-order chi connectivity index (χ0) is 18.7. The topological polar surface area (TPSA) is 69.9 Å². The summed E-state index contributed by atoms with van der Waals surface area (Å²) in [7, 11) is 4.75. The Morgan fingerprint density at radius 2 is 1.77 bits per heavy atom. The molecule has 2 aromatic carbocycles. The lowest BCUT2D eigenvalue weighted by molar-refractivity contribution is 0.0913. The zero-order valence-corrected chi connectivity index (χ0v) is 15.2. The second-order valence-corrected chi connectivity index (χ2v) is 5.79. The number of rotatable bonds is 6. The number of fused-ring (bicyclic) bond motifs is 1. The SMILES string of the molecule is COc1ccc(OC)c([C@@H](C)NC(=O)c2cc3cccc(OC)c3o2)c1. The van der Waals surface area contributed by atoms with Gasteiger partial charge in [0.2, 0.25) is 0 Å². The van der Waals surface area contributed by atoms with E-state index in [-0.39, 0.29) is 17.7 Å². The molecule has 3 rings (SSSR count). The lowest BCUT2D eigenvalue weighted by atomic mass is 10.1. The minimum Gasteiger partial charge on any atom is -0.497 e. The quantitative estimate of drug-likeness (QED) is 0.725. The Balaban J connectivity index is 1.86. The molecule has 0 aliphatic carbocycles. The van der Waals surface area contributed by atoms with Crippen LogP contribution in [0.5, 0.6) is 17.2 Å². The van der Waals surface area contributed by atoms with Crippen molar-refractivity contribution in [3.05, 3.63) is 53.8 Å². The zero-order valence-electron chi connectivity index (χ0n) is 15.2. The summed E-state index contributed by atoms with van der Waals surface area (Å²) >= 11 is 0. The van der Waals surface area contributed by atoms with E-state index in [9.17, 15) is 4.79 Å². The van der Waals surface area contributed by atoms with Gasteiger partial charge in [-0.2, -0.15) is 0 Å². The molecular formula is C20H21NO5. The Morgan fingerprint density at radius 1 is 1.00 bits per heavy atom. The van der Waals surface area contributed by atoms with E-state index in [0.717, 1.165) is 10.9 Å². The molecule has 26 heavy (non-hydrogen) atoms. The molecule has 1 aromatic heterocycles. The summed E-state index contributed by atoms with van der Waals surface area (Å²) in [5.74, 6) is 1.85. The number of furan rings is 1. The molecule has 6 heteroatoms. The summed E-state index contributed by atoms with van der Waals surface area (Å²) in [6.45, 7) is 1.87. The van der Waals surface area contributed by atoms with Gasteiger partial charge >= 0.3 is 0 Å². The molecule has 1 heterocycles. The Kier molecular flexibility index (Phi) is 5.02. The summed E-state index contributed by atoms with van der Waals surface area (Å²) in [5, 5.41) is 3.73. The molecule has 136 valence electrons. The maximum atomic E-state index is 12.6. The van der Waals surface area contributed by atoms with Crippen LogP contribution < -0.4 is 19.5 Å². The highest BCUT2D eigenvalue weighted by molar-refractivity contribution is 5.97. The smallest absolute Gasteiger partial charge is 0.287 e. The third kappa shape index (κ3) is 3.31. The van der Waals surface area contributed by atoms with Crippen molar-refractivity contribution >= 4 is 16.9 Å². The van der Waals surface area contributed by atoms with Crippen molar-refractivity contribution < 1.29 is 23.4 Å². The Bertz CT molecular complexity index is 931. The lowest BCUT2D eigenvalue weighted by Gasteiger charge is -2.17. The third-order valence-electron chi connectivity index (χ3n) is 4.20. The van der Waals surface area contributed by atoms with Crippen LogP contribution in [0.1, 0.15) is 29.1 Å². The molecule has 0 saturated heterocycles. The number of amides is 1. The highest BCUT2D eigenvalue weighted by Crippen LogP contribution is 2.31. The van der Waals surface area contributed by atoms with Gasteiger partial charge in [-0.05, 0) is 37.3 Å². The Hall–Kier alpha value is -3.15. The van der Waals surface area contributed by atoms with Crippen LogP contribution in [0.15, 0.2) is 46.9 Å². The predicted octanol–water partition coefficient (Wildman–Crippen LogP) is 3.95. The standard InChI is InChI=1S/C20H21NO5/c1-12(15-11-14(23-2)8-9-16(15)24-3)21-20(22)18-10-13-6-5-7-17(25-4)19(13)26-18/h5-12H,1-4H3,(H,21,22)/t12-/m1/s1. The van der Waals surface area contributed by atoms with E-state index < -0.39 is 0 Å². The van der Waals surface area contributed by atoms with Crippen LogP contribution in [0.2, 0.25) is 0 Å². The summed E-state index contributed by atoms with van der Waals surface area (Å²) in [4.78, 5) is 12.6. The number of carbonyl (C=O) groups excluding carboxylic acids is 1. The Labute approximate surface area is 151 Å². The minimum atomic E-state index is -0.319. The van der Waals surface area contributed by atoms with Gasteiger partial charge < -0.3 is 23.9 Å². The van der Waals surface area contributed by atoms with Crippen LogP contribution in [-0.4, -0.2) is 27.2 Å². The van der Waals surface area contributed by atoms with Gasteiger partial charge in [0.25, 0.3) is 5.91 Å². The number of para-hydroxylation sites is 1. The van der Waals surface area contributed by atoms with Crippen molar-refractivity contribution in [2.24, 2.45) is 0 Å². The molecule has 6 nitrogen and oxygen atoms in total. The molecule has 0 bridgehead atoms. The van der Waals surface area contributed by atoms with E-state index in [4.69, 9.17) is 18.6 Å². The van der Waals surface area contributed by atoms with Crippen LogP contribution in [-0.2, 0) is 0 Å². The largest absolute Gasteiger partial charge is 0.497 e. The fourth-order valence-corrected chi connectivity index (χ4v) is 2.83. The van der Waals surface area contributed by atoms with E-state index in [0.29, 0.717) is 22.8 Å². The first-order valence-electron chi connectivity index (χ1n) is 8.16. The molecule has 0 aliphatic heterocycles. The average Bonchev–Trinajstić information content (AvgIpc) is 3.11. The molecule has 0 saturated carbocycles. The summed E-state index contributed by atoms with van der Waals surface area (Å²) in [6, 6.07) is 12.4. The van der Waals surface area contributed by atoms with Gasteiger partial charge in [-0.25, -0.2) is 0 Å². The molecule has 1 atom stereocenters. The first-order valence-corrected chi connectivity index (χ1v) is 8.16. The fourth-order valence-electron chi connectivity index (χ4n) is 2.83. The summed E-state index contributed by atoms with van der Waals surface area (Å²) < 4.78 is 21.6. The monoisotopic (exact) mass is 355 g/mol. The molecule has 0 spiro atoms. The lowest BCUT2D eigenvalue weighted by Crippen LogP contribution is -2.26. The first-order chi connectivity index (χ1) is 12.6. The highest BCUT2D eigenvalue weighted by Gasteiger charge is 2.19. The molecule has 0 aliphatic rings. The van der Waals surface area contributed by atoms with Crippen LogP contribution in [0.25, 0.3) is 11.0 Å². The van der Waals surface area contributed by atoms with Gasteiger partial charge in [-0.15, -0.1) is 0 Å². The van der Waals surface area contributed by atoms with Crippen molar-refractivity contribution in [2.75, 3.05) is 21.3 Å². The molecule has 1 amide bonds. The average molecular weight is 355 g/mol. The van der Waals surface area contributed by atoms with Gasteiger partial charge in [0.1, 0.15) is 11.5 Å². The second-order valence-electron chi connectivity index (χ2n) is 5.79. The van der Waals surface area contributed by atoms with E-state index >= 15 is 0 Å². The number of benzene rings is 2. The number of carbonyl (C=O) groups is 1. The van der Waals surface area contributed by atoms with Gasteiger partial charge in [-0.3, -0.25) is 4.79 Å². The maximum Gasteiger partial charge on any atom is 0.287 e. The molecule has 0 unspecified atom stereocenters. The first kappa shape index (κ1) is 17.7. The van der Waals surface area contributed by atoms with Crippen molar-refractivity contribution in [3.8, 4) is 17.2 Å². The number of hydrogen-bond acceptors (Lipinski definition) is 5. The van der Waals surface area contributed by atoms with Gasteiger partial charge in [0.15, 0.2) is 17.1 Å². The fraction of sp³-hybridized carbons (Fsp3) is 0.250. The number of ether oxygens (including phenoxy) is 3. The molecule has 3 aromatic rings. The van der Waals surface area contributed by atoms with Crippen LogP contribution in [0.3, 0.4) is 0 Å². The number of hydrogen-bond donors (Lipinski definition) is 1. The van der Waals surface area contributed by atoms with Crippen molar-refractivity contribution in [1.82, 2.24) is 5.32 Å². The van der Waals surface area contributed by atoms with E-state index in [2.05, 4.69) is 5.32 Å². The van der Waals surface area contributed by atoms with Crippen LogP contribution in [0, 0.1) is 0 Å². The molecule has 0 radical (unpaired) electrons. The van der Waals surface area contributed by atoms with Crippen LogP contribution >= 0.6 is 0 Å². The van der Waals surface area contributed by atoms with Gasteiger partial charge in [-0.1, -0.05) is 12.1 Å². The summed E-state index contributed by atoms with van der Waals surface area (Å²) in [5.41, 5.74) is 1.36. The van der Waals surface area contributed by atoms with E-state index in [1.807, 2.05) is 37.3 Å². The Morgan fingerprint density at radius 3 is 2.46 bits per heavy atom. The summed E-state index contributed by atoms with van der Waals surface area (Å²) in [6.07, 6.45) is 0. The van der Waals surface area contributed by atoms with Crippen molar-refractivity contribution in [2.45, 2.75) is 13.0 Å².